The highest BCUT2D eigenvalue weighted by molar-refractivity contribution is 5.95. The van der Waals surface area contributed by atoms with Crippen molar-refractivity contribution in [3.05, 3.63) is 351 Å². The standard InChI is InChI=1S/C38H30N4.C26H22N4.C22H18N4O2.C14H14N4/c1-5-27-7-15-31(16-8-27)33-19-11-29(12-20-33)25-41-37-23-35(39-3)36(40-4)24-38(37)42-26-30-13-21-34(22-14-30)32-17-9-28(6-2)10-18-32;1-5-19-9-7-11-21(13-19)17-29-25-15-23(27-3)24(28-4)16-26(25)30-18-22-12-8-10-20(6-2)14-22;1-5-15-7-9-17(27-15)13-25-21-11-19(23-3)20(24-4)12-22(21)26-14-18-10-8-16(6-2)28-18;1-5-7-17-13-9-11(15-3)12(16-4)10-14(13)18-8-6-2/h5-26H,1-4H2;5-18H,1-4H2;5-14H,1-4H2;5-10H,1-4H2. The lowest BCUT2D eigenvalue weighted by Gasteiger charge is -2.07. The maximum absolute atomic E-state index is 5.55. The van der Waals surface area contributed by atoms with Gasteiger partial charge < -0.3 is 8.83 Å². The number of hydrogen-bond donors (Lipinski definition) is 0. The smallest absolute Gasteiger partial charge is 0.145 e. The molecular weight excluding hydrogens is 1460 g/mol. The van der Waals surface area contributed by atoms with Crippen LogP contribution in [0.3, 0.4) is 0 Å². The van der Waals surface area contributed by atoms with Gasteiger partial charge >= 0.3 is 0 Å². The van der Waals surface area contributed by atoms with Gasteiger partial charge in [-0.25, -0.2) is 0 Å². The van der Waals surface area contributed by atoms with Crippen LogP contribution in [0, 0.1) is 0 Å². The highest BCUT2D eigenvalue weighted by atomic mass is 16.3. The van der Waals surface area contributed by atoms with E-state index >= 15 is 0 Å². The van der Waals surface area contributed by atoms with Crippen LogP contribution in [0.4, 0.5) is 91.0 Å². The molecule has 12 aromatic rings. The van der Waals surface area contributed by atoms with Gasteiger partial charge in [-0.15, -0.1) is 0 Å². The number of rotatable bonds is 32. The maximum atomic E-state index is 5.55. The Balaban J connectivity index is 0.000000187. The van der Waals surface area contributed by atoms with E-state index in [2.05, 4.69) is 249 Å². The number of hydrogen-bond acceptors (Lipinski definition) is 18. The minimum atomic E-state index is 0.555. The van der Waals surface area contributed by atoms with Gasteiger partial charge in [0.25, 0.3) is 0 Å². The minimum Gasteiger partial charge on any atom is -0.456 e. The molecule has 0 atom stereocenters. The largest absolute Gasteiger partial charge is 0.456 e. The fourth-order valence-corrected chi connectivity index (χ4v) is 10.9. The van der Waals surface area contributed by atoms with Crippen molar-refractivity contribution in [3.8, 4) is 22.3 Å². The van der Waals surface area contributed by atoms with Gasteiger partial charge in [-0.1, -0.05) is 223 Å². The zero-order valence-electron chi connectivity index (χ0n) is 65.3. The molecule has 0 aliphatic heterocycles. The Bertz CT molecular complexity index is 5650. The Morgan fingerprint density at radius 3 is 0.636 bits per heavy atom. The predicted octanol–water partition coefficient (Wildman–Crippen LogP) is 28.1. The summed E-state index contributed by atoms with van der Waals surface area (Å²) in [5, 5.41) is 0. The highest BCUT2D eigenvalue weighted by Crippen LogP contribution is 2.44. The summed E-state index contributed by atoms with van der Waals surface area (Å²) in [5.41, 5.74) is 22.5. The molecule has 18 heteroatoms. The molecule has 118 heavy (non-hydrogen) atoms. The van der Waals surface area contributed by atoms with E-state index in [-0.39, 0.29) is 0 Å². The average Bonchev–Trinajstić information content (AvgIpc) is 1.00. The lowest BCUT2D eigenvalue weighted by atomic mass is 10.0. The van der Waals surface area contributed by atoms with Crippen molar-refractivity contribution >= 4 is 231 Å². The molecule has 12 rings (SSSR count). The third-order valence-corrected chi connectivity index (χ3v) is 17.1. The van der Waals surface area contributed by atoms with Crippen LogP contribution in [0.5, 0.6) is 0 Å². The fourth-order valence-electron chi connectivity index (χ4n) is 10.9. The molecule has 0 aliphatic carbocycles. The lowest BCUT2D eigenvalue weighted by molar-refractivity contribution is 0.550. The third-order valence-electron chi connectivity index (χ3n) is 17.1. The summed E-state index contributed by atoms with van der Waals surface area (Å²) in [6, 6.07) is 70.4. The number of benzene rings is 10. The molecule has 18 nitrogen and oxygen atoms in total. The van der Waals surface area contributed by atoms with Crippen molar-refractivity contribution in [3.63, 3.8) is 0 Å². The van der Waals surface area contributed by atoms with Crippen LogP contribution in [0.15, 0.2) is 372 Å². The van der Waals surface area contributed by atoms with Crippen LogP contribution in [0.2, 0.25) is 0 Å². The molecule has 0 amide bonds. The normalized spacial score (nSPS) is 11.0. The van der Waals surface area contributed by atoms with E-state index in [1.807, 2.05) is 122 Å². The summed E-state index contributed by atoms with van der Waals surface area (Å²) in [7, 11) is 0. The number of allylic oxidation sites excluding steroid dienone is 2. The molecule has 0 fully saturated rings. The maximum Gasteiger partial charge on any atom is 0.145 e. The Kier molecular flexibility index (Phi) is 32.2. The van der Waals surface area contributed by atoms with Crippen LogP contribution in [0.1, 0.15) is 67.5 Å². The topological polar surface area (TPSA) is 224 Å². The molecule has 0 unspecified atom stereocenters. The quantitative estimate of drug-likeness (QED) is 0.0375. The Labute approximate surface area is 688 Å². The molecule has 576 valence electrons. The van der Waals surface area contributed by atoms with Crippen LogP contribution in [0.25, 0.3) is 58.7 Å². The van der Waals surface area contributed by atoms with Crippen molar-refractivity contribution in [1.82, 2.24) is 0 Å². The van der Waals surface area contributed by atoms with Gasteiger partial charge in [0.15, 0.2) is 0 Å². The summed E-state index contributed by atoms with van der Waals surface area (Å²) in [6.07, 6.45) is 27.3. The van der Waals surface area contributed by atoms with E-state index in [1.54, 1.807) is 122 Å². The van der Waals surface area contributed by atoms with Crippen molar-refractivity contribution in [2.45, 2.75) is 0 Å². The first-order valence-electron chi connectivity index (χ1n) is 36.3. The second kappa shape index (κ2) is 44.4. The van der Waals surface area contributed by atoms with E-state index in [0.29, 0.717) is 114 Å². The third kappa shape index (κ3) is 24.2. The highest BCUT2D eigenvalue weighted by Gasteiger charge is 2.13. The molecule has 0 bridgehead atoms. The lowest BCUT2D eigenvalue weighted by Crippen LogP contribution is -1.84. The molecule has 0 spiro atoms. The zero-order chi connectivity index (χ0) is 84.0. The Hall–Kier alpha value is -16.6. The van der Waals surface area contributed by atoms with Gasteiger partial charge in [0.2, 0.25) is 0 Å². The van der Waals surface area contributed by atoms with E-state index in [4.69, 9.17) is 18.8 Å². The monoisotopic (exact) mass is 1540 g/mol. The van der Waals surface area contributed by atoms with E-state index in [1.165, 1.54) is 0 Å². The van der Waals surface area contributed by atoms with Gasteiger partial charge in [0, 0.05) is 37.3 Å². The molecule has 2 aromatic heterocycles. The second-order valence-corrected chi connectivity index (χ2v) is 24.7. The summed E-state index contributed by atoms with van der Waals surface area (Å²) >= 11 is 0. The second-order valence-electron chi connectivity index (χ2n) is 24.7. The van der Waals surface area contributed by atoms with Gasteiger partial charge in [0.05, 0.1) is 103 Å². The van der Waals surface area contributed by atoms with Gasteiger partial charge in [-0.3, -0.25) is 79.9 Å². The van der Waals surface area contributed by atoms with Crippen molar-refractivity contribution in [1.29, 1.82) is 0 Å². The van der Waals surface area contributed by atoms with Crippen LogP contribution < -0.4 is 0 Å². The first-order chi connectivity index (χ1) is 57.7. The number of nitrogens with zero attached hydrogens (tertiary/aromatic N) is 16. The SMILES string of the molecule is C=CC=Nc1cc(N=C)c(N=C)cc1N=CC=C.C=Cc1ccc(-c2ccc(C=Nc3cc(N=C)c(N=C)cc3N=Cc3ccc(-c4ccc(C=C)cc4)cc3)cc2)cc1.C=Cc1ccc(C=Nc2cc(N=C)c(N=C)cc2N=Cc2ccc(C=C)o2)o1.C=Cc1cccc(C=Nc2cc(N=C)c(N=C)cc2N=Cc2cccc(C=C)c2)c1. The summed E-state index contributed by atoms with van der Waals surface area (Å²) in [5.74, 6) is 2.50. The first-order valence-corrected chi connectivity index (χ1v) is 36.3. The Morgan fingerprint density at radius 2 is 0.407 bits per heavy atom. The zero-order valence-corrected chi connectivity index (χ0v) is 65.3. The minimum absolute atomic E-state index is 0.555. The van der Waals surface area contributed by atoms with Crippen LogP contribution >= 0.6 is 0 Å². The van der Waals surface area contributed by atoms with Crippen LogP contribution in [-0.2, 0) is 0 Å². The van der Waals surface area contributed by atoms with E-state index in [9.17, 15) is 0 Å². The summed E-state index contributed by atoms with van der Waals surface area (Å²) in [4.78, 5) is 68.2. The van der Waals surface area contributed by atoms with Crippen molar-refractivity contribution in [2.24, 2.45) is 79.9 Å². The molecule has 0 N–H and O–H groups in total. The van der Waals surface area contributed by atoms with Crippen molar-refractivity contribution < 1.29 is 8.83 Å². The number of aliphatic imine (C=N–C) groups is 16. The summed E-state index contributed by atoms with van der Waals surface area (Å²) < 4.78 is 11.1. The first kappa shape index (κ1) is 85.4. The summed E-state index contributed by atoms with van der Waals surface area (Å²) in [6.45, 7) is 58.4. The fraction of sp³-hybridized carbons (Fsp3) is 0. The van der Waals surface area contributed by atoms with E-state index < -0.39 is 0 Å². The predicted molar refractivity (Wildman–Crippen MR) is 514 cm³/mol. The van der Waals surface area contributed by atoms with Crippen molar-refractivity contribution in [2.75, 3.05) is 0 Å². The molecule has 10 aromatic carbocycles. The molecule has 0 radical (unpaired) electrons. The molecule has 0 saturated heterocycles. The molecular formula is C100H84N16O2. The van der Waals surface area contributed by atoms with Gasteiger partial charge in [-0.05, 0) is 218 Å². The number of furan rings is 2. The van der Waals surface area contributed by atoms with Gasteiger partial charge in [-0.2, -0.15) is 0 Å². The molecule has 0 saturated carbocycles. The average molecular weight is 1540 g/mol. The molecule has 0 aliphatic rings. The Morgan fingerprint density at radius 1 is 0.186 bits per heavy atom. The van der Waals surface area contributed by atoms with Gasteiger partial charge in [0.1, 0.15) is 23.0 Å². The molecule has 2 heterocycles. The van der Waals surface area contributed by atoms with E-state index in [0.717, 1.165) is 66.8 Å². The van der Waals surface area contributed by atoms with Crippen LogP contribution in [-0.4, -0.2) is 103 Å².